The van der Waals surface area contributed by atoms with Crippen molar-refractivity contribution >= 4 is 23.2 Å². The minimum absolute atomic E-state index is 0.316. The van der Waals surface area contributed by atoms with Crippen molar-refractivity contribution in [2.45, 2.75) is 19.4 Å². The quantitative estimate of drug-likeness (QED) is 0.750. The van der Waals surface area contributed by atoms with Crippen LogP contribution in [-0.4, -0.2) is 18.8 Å². The van der Waals surface area contributed by atoms with E-state index in [2.05, 4.69) is 0 Å². The molecule has 0 aliphatic heterocycles. The molecule has 0 radical (unpaired) electrons. The van der Waals surface area contributed by atoms with Crippen LogP contribution in [0.1, 0.15) is 13.8 Å². The maximum Gasteiger partial charge on any atom is 0.0832 e. The van der Waals surface area contributed by atoms with Crippen molar-refractivity contribution in [3.05, 3.63) is 10.6 Å². The molecule has 0 heterocycles. The number of ether oxygens (including phenoxy) is 1. The van der Waals surface area contributed by atoms with Crippen LogP contribution in [0.25, 0.3) is 0 Å². The van der Waals surface area contributed by atoms with Gasteiger partial charge < -0.3 is 10.5 Å². The maximum atomic E-state index is 5.64. The third-order valence-corrected chi connectivity index (χ3v) is 1.43. The first kappa shape index (κ1) is 11.2. The lowest BCUT2D eigenvalue weighted by Gasteiger charge is -2.17. The molecular formula is C7H13Cl2NO. The van der Waals surface area contributed by atoms with Gasteiger partial charge in [-0.2, -0.15) is 0 Å². The van der Waals surface area contributed by atoms with Gasteiger partial charge in [0.2, 0.25) is 0 Å². The summed E-state index contributed by atoms with van der Waals surface area (Å²) in [6.07, 6.45) is 0. The number of nitrogens with two attached hydrogens (primary N) is 1. The average Bonchev–Trinajstić information content (AvgIpc) is 1.85. The highest BCUT2D eigenvalue weighted by atomic mass is 35.5. The topological polar surface area (TPSA) is 35.2 Å². The molecule has 2 N–H and O–H groups in total. The second-order valence-electron chi connectivity index (χ2n) is 3.04. The summed E-state index contributed by atoms with van der Waals surface area (Å²) in [7, 11) is 0. The van der Waals surface area contributed by atoms with E-state index >= 15 is 0 Å². The molecule has 66 valence electrons. The van der Waals surface area contributed by atoms with E-state index in [0.29, 0.717) is 18.2 Å². The molecule has 0 fully saturated rings. The fraction of sp³-hybridized carbons (Fsp3) is 0.714. The van der Waals surface area contributed by atoms with Crippen molar-refractivity contribution in [2.75, 3.05) is 13.2 Å². The number of hydrogen-bond acceptors (Lipinski definition) is 2. The van der Waals surface area contributed by atoms with E-state index in [4.69, 9.17) is 33.7 Å². The van der Waals surface area contributed by atoms with Crippen LogP contribution in [0.2, 0.25) is 0 Å². The van der Waals surface area contributed by atoms with Gasteiger partial charge in [0.1, 0.15) is 0 Å². The molecule has 0 rings (SSSR count). The fourth-order valence-electron chi connectivity index (χ4n) is 0.443. The molecule has 0 spiro atoms. The molecule has 0 aromatic rings. The molecule has 0 saturated carbocycles. The van der Waals surface area contributed by atoms with Crippen molar-refractivity contribution in [3.8, 4) is 0 Å². The van der Waals surface area contributed by atoms with Crippen LogP contribution in [0.3, 0.4) is 0 Å². The van der Waals surface area contributed by atoms with Gasteiger partial charge in [-0.3, -0.25) is 0 Å². The molecule has 0 aromatic carbocycles. The first-order valence-corrected chi connectivity index (χ1v) is 4.08. The van der Waals surface area contributed by atoms with Gasteiger partial charge >= 0.3 is 0 Å². The smallest absolute Gasteiger partial charge is 0.0832 e. The highest BCUT2D eigenvalue weighted by molar-refractivity contribution is 6.36. The highest BCUT2D eigenvalue weighted by Crippen LogP contribution is 2.05. The Morgan fingerprint density at radius 2 is 2.18 bits per heavy atom. The van der Waals surface area contributed by atoms with Crippen molar-refractivity contribution in [1.29, 1.82) is 0 Å². The lowest BCUT2D eigenvalue weighted by molar-refractivity contribution is 0.118. The second-order valence-corrected chi connectivity index (χ2v) is 3.74. The first-order valence-electron chi connectivity index (χ1n) is 3.27. The predicted molar refractivity (Wildman–Crippen MR) is 48.9 cm³/mol. The van der Waals surface area contributed by atoms with E-state index in [1.54, 1.807) is 0 Å². The Labute approximate surface area is 77.3 Å². The third-order valence-electron chi connectivity index (χ3n) is 0.832. The monoisotopic (exact) mass is 197 g/mol. The Bertz CT molecular complexity index is 140. The minimum Gasteiger partial charge on any atom is -0.374 e. The molecular weight excluding hydrogens is 185 g/mol. The van der Waals surface area contributed by atoms with Crippen molar-refractivity contribution < 1.29 is 4.74 Å². The van der Waals surface area contributed by atoms with Crippen molar-refractivity contribution in [2.24, 2.45) is 5.73 Å². The van der Waals surface area contributed by atoms with Gasteiger partial charge in [-0.15, -0.1) is 0 Å². The Balaban J connectivity index is 3.43. The molecule has 11 heavy (non-hydrogen) atoms. The molecule has 0 aromatic heterocycles. The summed E-state index contributed by atoms with van der Waals surface area (Å²) in [5.41, 5.74) is 6.61. The number of halogens is 2. The van der Waals surface area contributed by atoms with E-state index in [0.717, 1.165) is 0 Å². The van der Waals surface area contributed by atoms with Gasteiger partial charge in [0.15, 0.2) is 0 Å². The van der Waals surface area contributed by atoms with Gasteiger partial charge in [-0.1, -0.05) is 23.2 Å². The average molecular weight is 198 g/mol. The zero-order valence-corrected chi connectivity index (χ0v) is 8.24. The van der Waals surface area contributed by atoms with Crippen LogP contribution in [0.5, 0.6) is 0 Å². The van der Waals surface area contributed by atoms with Crippen LogP contribution >= 0.6 is 23.2 Å². The summed E-state index contributed by atoms with van der Waals surface area (Å²) < 4.78 is 5.14. The third kappa shape index (κ3) is 8.14. The van der Waals surface area contributed by atoms with E-state index in [1.165, 1.54) is 5.54 Å². The SMILES string of the molecule is CC(C)(N)COC/C(Cl)=C/Cl. The number of hydrogen-bond donors (Lipinski definition) is 1. The summed E-state index contributed by atoms with van der Waals surface area (Å²) in [6, 6.07) is 0. The van der Waals surface area contributed by atoms with E-state index in [9.17, 15) is 0 Å². The van der Waals surface area contributed by atoms with E-state index in [1.807, 2.05) is 13.8 Å². The summed E-state index contributed by atoms with van der Waals surface area (Å²) in [4.78, 5) is 0. The van der Waals surface area contributed by atoms with E-state index in [-0.39, 0.29) is 5.54 Å². The number of rotatable bonds is 4. The molecule has 0 amide bonds. The van der Waals surface area contributed by atoms with Gasteiger partial charge in [0, 0.05) is 11.1 Å². The zero-order chi connectivity index (χ0) is 8.91. The maximum absolute atomic E-state index is 5.64. The normalized spacial score (nSPS) is 13.7. The largest absolute Gasteiger partial charge is 0.374 e. The molecule has 2 nitrogen and oxygen atoms in total. The van der Waals surface area contributed by atoms with Crippen molar-refractivity contribution in [3.63, 3.8) is 0 Å². The van der Waals surface area contributed by atoms with E-state index < -0.39 is 0 Å². The molecule has 0 aliphatic rings. The van der Waals surface area contributed by atoms with Crippen molar-refractivity contribution in [1.82, 2.24) is 0 Å². The second kappa shape index (κ2) is 4.99. The molecule has 0 atom stereocenters. The Morgan fingerprint density at radius 3 is 2.55 bits per heavy atom. The lowest BCUT2D eigenvalue weighted by atomic mass is 10.1. The summed E-state index contributed by atoms with van der Waals surface area (Å²) in [5, 5.41) is 0.482. The van der Waals surface area contributed by atoms with Gasteiger partial charge in [0.05, 0.1) is 18.2 Å². The minimum atomic E-state index is -0.316. The lowest BCUT2D eigenvalue weighted by Crippen LogP contribution is -2.37. The Hall–Kier alpha value is 0.240. The van der Waals surface area contributed by atoms with Crippen LogP contribution in [0.15, 0.2) is 10.6 Å². The van der Waals surface area contributed by atoms with Gasteiger partial charge in [-0.25, -0.2) is 0 Å². The predicted octanol–water partition coefficient (Wildman–Crippen LogP) is 2.06. The first-order chi connectivity index (χ1) is 4.95. The summed E-state index contributed by atoms with van der Waals surface area (Å²) in [6.45, 7) is 4.55. The highest BCUT2D eigenvalue weighted by Gasteiger charge is 2.09. The molecule has 0 unspecified atom stereocenters. The Morgan fingerprint density at radius 1 is 1.64 bits per heavy atom. The molecule has 0 aliphatic carbocycles. The zero-order valence-electron chi connectivity index (χ0n) is 6.73. The Kier molecular flexibility index (Phi) is 5.10. The van der Waals surface area contributed by atoms with Crippen LogP contribution in [0, 0.1) is 0 Å². The summed E-state index contributed by atoms with van der Waals surface area (Å²) >= 11 is 10.9. The standard InChI is InChI=1S/C7H13Cl2NO/c1-7(2,10)5-11-4-6(9)3-8/h3H,4-5,10H2,1-2H3/b6-3-. The van der Waals surface area contributed by atoms with Gasteiger partial charge in [-0.05, 0) is 13.8 Å². The van der Waals surface area contributed by atoms with Crippen LogP contribution < -0.4 is 5.73 Å². The summed E-state index contributed by atoms with van der Waals surface area (Å²) in [5.74, 6) is 0. The van der Waals surface area contributed by atoms with Gasteiger partial charge in [0.25, 0.3) is 0 Å². The molecule has 0 saturated heterocycles. The van der Waals surface area contributed by atoms with Crippen LogP contribution in [-0.2, 0) is 4.74 Å². The molecule has 0 bridgehead atoms. The molecule has 4 heteroatoms. The van der Waals surface area contributed by atoms with Crippen LogP contribution in [0.4, 0.5) is 0 Å². The fourth-order valence-corrected chi connectivity index (χ4v) is 0.583.